The van der Waals surface area contributed by atoms with E-state index in [2.05, 4.69) is 40.7 Å². The van der Waals surface area contributed by atoms with Gasteiger partial charge in [-0.2, -0.15) is 5.10 Å². The van der Waals surface area contributed by atoms with Crippen LogP contribution < -0.4 is 0 Å². The number of nitrogens with one attached hydrogen (secondary N) is 1. The highest BCUT2D eigenvalue weighted by Crippen LogP contribution is 2.30. The summed E-state index contributed by atoms with van der Waals surface area (Å²) >= 11 is 3.54. The van der Waals surface area contributed by atoms with E-state index in [1.54, 1.807) is 0 Å². The number of H-pyrrole nitrogens is 1. The van der Waals surface area contributed by atoms with Crippen LogP contribution >= 0.6 is 15.9 Å². The van der Waals surface area contributed by atoms with Crippen LogP contribution in [0.15, 0.2) is 47.5 Å². The highest BCUT2D eigenvalue weighted by molar-refractivity contribution is 9.10. The van der Waals surface area contributed by atoms with Crippen molar-refractivity contribution in [2.75, 3.05) is 0 Å². The van der Waals surface area contributed by atoms with Crippen LogP contribution in [0, 0.1) is 0 Å². The Morgan fingerprint density at radius 3 is 3.04 bits per heavy atom. The van der Waals surface area contributed by atoms with Crippen molar-refractivity contribution < 1.29 is 0 Å². The third-order valence-corrected chi connectivity index (χ3v) is 5.12. The number of hydrogen-bond acceptors (Lipinski definition) is 5. The first-order valence-electron chi connectivity index (χ1n) is 8.36. The second-order valence-electron chi connectivity index (χ2n) is 6.25. The molecule has 5 rings (SSSR count). The standard InChI is InChI=1S/C17H15BrN8/c18-12-2-1-3-13(9-12)26-17(22-16(24-26)15-20-10-21-23-15)11-4-6-25-7-5-19-14(25)8-11/h1-3,5,7,9-11H,4,6,8H2,(H,20,21,23). The number of benzene rings is 1. The van der Waals surface area contributed by atoms with E-state index < -0.39 is 0 Å². The van der Waals surface area contributed by atoms with E-state index in [0.717, 1.165) is 41.2 Å². The number of halogens is 1. The van der Waals surface area contributed by atoms with E-state index in [9.17, 15) is 0 Å². The molecule has 4 heterocycles. The third-order valence-electron chi connectivity index (χ3n) is 4.63. The Bertz CT molecular complexity index is 1050. The fraction of sp³-hybridized carbons (Fsp3) is 0.235. The number of fused-ring (bicyclic) bond motifs is 1. The van der Waals surface area contributed by atoms with Gasteiger partial charge in [-0.25, -0.2) is 19.6 Å². The molecule has 0 saturated heterocycles. The van der Waals surface area contributed by atoms with Crippen LogP contribution in [0.1, 0.15) is 24.0 Å². The Balaban J connectivity index is 1.61. The first kappa shape index (κ1) is 15.4. The molecule has 1 aliphatic rings. The Labute approximate surface area is 157 Å². The molecule has 130 valence electrons. The summed E-state index contributed by atoms with van der Waals surface area (Å²) in [5.74, 6) is 3.37. The highest BCUT2D eigenvalue weighted by Gasteiger charge is 2.27. The van der Waals surface area contributed by atoms with Crippen molar-refractivity contribution in [2.24, 2.45) is 0 Å². The van der Waals surface area contributed by atoms with Gasteiger partial charge in [-0.15, -0.1) is 5.10 Å². The van der Waals surface area contributed by atoms with Gasteiger partial charge < -0.3 is 4.57 Å². The maximum atomic E-state index is 4.81. The molecular weight excluding hydrogens is 396 g/mol. The first-order valence-corrected chi connectivity index (χ1v) is 9.16. The van der Waals surface area contributed by atoms with Crippen LogP contribution in [0.5, 0.6) is 0 Å². The van der Waals surface area contributed by atoms with Crippen LogP contribution in [-0.4, -0.2) is 39.5 Å². The molecule has 3 aromatic heterocycles. The molecule has 0 bridgehead atoms. The van der Waals surface area contributed by atoms with Gasteiger partial charge in [-0.3, -0.25) is 5.10 Å². The van der Waals surface area contributed by atoms with Crippen molar-refractivity contribution in [3.8, 4) is 17.3 Å². The minimum atomic E-state index is 0.244. The summed E-state index contributed by atoms with van der Waals surface area (Å²) in [6.45, 7) is 0.934. The van der Waals surface area contributed by atoms with Gasteiger partial charge in [0.2, 0.25) is 5.82 Å². The van der Waals surface area contributed by atoms with Crippen molar-refractivity contribution in [1.29, 1.82) is 0 Å². The summed E-state index contributed by atoms with van der Waals surface area (Å²) in [6.07, 6.45) is 7.19. The molecule has 1 N–H and O–H groups in total. The van der Waals surface area contributed by atoms with E-state index in [0.29, 0.717) is 11.6 Å². The number of nitrogens with zero attached hydrogens (tertiary/aromatic N) is 7. The molecule has 0 aliphatic carbocycles. The predicted octanol–water partition coefficient (Wildman–Crippen LogP) is 2.74. The molecule has 1 aromatic carbocycles. The number of imidazole rings is 1. The molecule has 26 heavy (non-hydrogen) atoms. The molecule has 0 amide bonds. The summed E-state index contributed by atoms with van der Waals surface area (Å²) in [5, 5.41) is 11.5. The van der Waals surface area contributed by atoms with Crippen LogP contribution in [0.2, 0.25) is 0 Å². The maximum Gasteiger partial charge on any atom is 0.219 e. The summed E-state index contributed by atoms with van der Waals surface area (Å²) < 4.78 is 5.11. The topological polar surface area (TPSA) is 90.1 Å². The zero-order chi connectivity index (χ0) is 17.5. The van der Waals surface area contributed by atoms with Gasteiger partial charge in [-0.1, -0.05) is 22.0 Å². The van der Waals surface area contributed by atoms with E-state index in [-0.39, 0.29) is 5.92 Å². The highest BCUT2D eigenvalue weighted by atomic mass is 79.9. The second kappa shape index (κ2) is 6.17. The van der Waals surface area contributed by atoms with E-state index in [1.165, 1.54) is 6.33 Å². The number of aryl methyl sites for hydroxylation is 1. The van der Waals surface area contributed by atoms with Crippen molar-refractivity contribution in [2.45, 2.75) is 25.3 Å². The number of hydrogen-bond donors (Lipinski definition) is 1. The quantitative estimate of drug-likeness (QED) is 0.560. The van der Waals surface area contributed by atoms with Crippen molar-refractivity contribution in [3.05, 3.63) is 59.1 Å². The maximum absolute atomic E-state index is 4.81. The molecule has 1 atom stereocenters. The molecule has 0 saturated carbocycles. The molecule has 0 radical (unpaired) electrons. The Morgan fingerprint density at radius 1 is 1.23 bits per heavy atom. The van der Waals surface area contributed by atoms with E-state index in [4.69, 9.17) is 10.1 Å². The summed E-state index contributed by atoms with van der Waals surface area (Å²) in [6, 6.07) is 8.05. The van der Waals surface area contributed by atoms with Gasteiger partial charge >= 0.3 is 0 Å². The minimum Gasteiger partial charge on any atom is -0.335 e. The molecule has 8 nitrogen and oxygen atoms in total. The zero-order valence-corrected chi connectivity index (χ0v) is 15.3. The molecule has 4 aromatic rings. The average molecular weight is 411 g/mol. The summed E-state index contributed by atoms with van der Waals surface area (Å²) in [7, 11) is 0. The van der Waals surface area contributed by atoms with Crippen LogP contribution in [-0.2, 0) is 13.0 Å². The van der Waals surface area contributed by atoms with Crippen molar-refractivity contribution in [1.82, 2.24) is 39.5 Å². The number of rotatable bonds is 3. The normalized spacial score (nSPS) is 16.6. The monoisotopic (exact) mass is 410 g/mol. The van der Waals surface area contributed by atoms with Crippen LogP contribution in [0.25, 0.3) is 17.3 Å². The van der Waals surface area contributed by atoms with Gasteiger partial charge in [0.15, 0.2) is 5.82 Å². The van der Waals surface area contributed by atoms with E-state index >= 15 is 0 Å². The molecule has 1 aliphatic heterocycles. The average Bonchev–Trinajstić information content (AvgIpc) is 3.39. The lowest BCUT2D eigenvalue weighted by molar-refractivity contribution is 0.444. The Hall–Kier alpha value is -2.81. The third kappa shape index (κ3) is 2.64. The smallest absolute Gasteiger partial charge is 0.219 e. The van der Waals surface area contributed by atoms with Gasteiger partial charge in [0.1, 0.15) is 18.0 Å². The summed E-state index contributed by atoms with van der Waals surface area (Å²) in [5.41, 5.74) is 0.960. The lowest BCUT2D eigenvalue weighted by Gasteiger charge is -2.23. The molecule has 0 fully saturated rings. The van der Waals surface area contributed by atoms with Gasteiger partial charge in [0.05, 0.1) is 5.69 Å². The molecular formula is C17H15BrN8. The number of aromatic nitrogens is 8. The van der Waals surface area contributed by atoms with Crippen molar-refractivity contribution >= 4 is 15.9 Å². The molecule has 0 spiro atoms. The van der Waals surface area contributed by atoms with Gasteiger partial charge in [0.25, 0.3) is 0 Å². The van der Waals surface area contributed by atoms with Gasteiger partial charge in [-0.05, 0) is 24.6 Å². The SMILES string of the molecule is Brc1cccc(-n2nc(-c3ncn[nH]3)nc2C2CCn3ccnc3C2)c1. The minimum absolute atomic E-state index is 0.244. The van der Waals surface area contributed by atoms with Gasteiger partial charge in [0, 0.05) is 35.7 Å². The lowest BCUT2D eigenvalue weighted by atomic mass is 9.97. The fourth-order valence-electron chi connectivity index (χ4n) is 3.37. The molecule has 1 unspecified atom stereocenters. The largest absolute Gasteiger partial charge is 0.335 e. The fourth-order valence-corrected chi connectivity index (χ4v) is 3.76. The second-order valence-corrected chi connectivity index (χ2v) is 7.16. The Morgan fingerprint density at radius 2 is 2.19 bits per heavy atom. The van der Waals surface area contributed by atoms with E-state index in [1.807, 2.05) is 41.3 Å². The van der Waals surface area contributed by atoms with Crippen LogP contribution in [0.4, 0.5) is 0 Å². The van der Waals surface area contributed by atoms with Crippen molar-refractivity contribution in [3.63, 3.8) is 0 Å². The Kier molecular flexibility index (Phi) is 3.66. The molecule has 9 heteroatoms. The van der Waals surface area contributed by atoms with Crippen LogP contribution in [0.3, 0.4) is 0 Å². The zero-order valence-electron chi connectivity index (χ0n) is 13.7. The first-order chi connectivity index (χ1) is 12.8. The number of aromatic amines is 1. The summed E-state index contributed by atoms with van der Waals surface area (Å²) in [4.78, 5) is 13.5. The predicted molar refractivity (Wildman–Crippen MR) is 97.7 cm³/mol. The lowest BCUT2D eigenvalue weighted by Crippen LogP contribution is -2.20.